The van der Waals surface area contributed by atoms with Crippen LogP contribution in [0.3, 0.4) is 0 Å². The number of hydrogen-bond donors (Lipinski definition) is 6. The summed E-state index contributed by atoms with van der Waals surface area (Å²) in [6.07, 6.45) is 1.80. The highest BCUT2D eigenvalue weighted by molar-refractivity contribution is 8.00. The van der Waals surface area contributed by atoms with Crippen LogP contribution in [0.2, 0.25) is 5.02 Å². The lowest BCUT2D eigenvalue weighted by molar-refractivity contribution is -0.911. The summed E-state index contributed by atoms with van der Waals surface area (Å²) in [7, 11) is 1.33. The molecule has 274 valence electrons. The molecule has 5 rings (SSSR count). The summed E-state index contributed by atoms with van der Waals surface area (Å²) in [6, 6.07) is 1.60. The fourth-order valence-corrected chi connectivity index (χ4v) is 8.31. The topological polar surface area (TPSA) is 243 Å². The summed E-state index contributed by atoms with van der Waals surface area (Å²) in [4.78, 5) is 74.4. The number of halogens is 1. The van der Waals surface area contributed by atoms with Gasteiger partial charge in [0.25, 0.3) is 17.7 Å². The number of phenols is 1. The van der Waals surface area contributed by atoms with Crippen LogP contribution in [-0.4, -0.2) is 128 Å². The molecule has 3 amide bonds. The molecule has 2 aromatic rings. The van der Waals surface area contributed by atoms with Crippen molar-refractivity contribution in [2.45, 2.75) is 43.7 Å². The van der Waals surface area contributed by atoms with Gasteiger partial charge in [-0.05, 0) is 26.0 Å². The number of thioether (sulfide) groups is 1. The first-order valence-corrected chi connectivity index (χ1v) is 18.0. The molecule has 0 saturated carbocycles. The Morgan fingerprint density at radius 3 is 2.53 bits per heavy atom. The van der Waals surface area contributed by atoms with Gasteiger partial charge in [-0.2, -0.15) is 0 Å². The molecule has 3 aliphatic rings. The predicted octanol–water partition coefficient (Wildman–Crippen LogP) is 1.46. The van der Waals surface area contributed by atoms with E-state index in [4.69, 9.17) is 26.9 Å². The number of hydrogen-bond acceptors (Lipinski definition) is 13. The molecule has 0 bridgehead atoms. The van der Waals surface area contributed by atoms with E-state index in [-0.39, 0.29) is 50.9 Å². The second-order valence-corrected chi connectivity index (χ2v) is 15.0. The first-order chi connectivity index (χ1) is 24.1. The Morgan fingerprint density at radius 1 is 1.22 bits per heavy atom. The summed E-state index contributed by atoms with van der Waals surface area (Å²) in [5.41, 5.74) is 4.09. The number of thiazole rings is 1. The number of aliphatic carboxylic acids is 2. The number of nitrogens with two attached hydrogens (primary N) is 1. The maximum Gasteiger partial charge on any atom is 0.352 e. The van der Waals surface area contributed by atoms with Gasteiger partial charge >= 0.3 is 11.9 Å². The van der Waals surface area contributed by atoms with Crippen molar-refractivity contribution in [3.63, 3.8) is 0 Å². The number of phenolic OH excluding ortho intramolecular Hbond substituents is 1. The van der Waals surface area contributed by atoms with Crippen molar-refractivity contribution >= 4 is 75.2 Å². The number of likely N-dealkylation sites (tertiary alicyclic amines) is 1. The number of benzene rings is 1. The summed E-state index contributed by atoms with van der Waals surface area (Å²) in [5.74, 6) is -4.53. The molecule has 0 aliphatic carbocycles. The molecule has 2 saturated heterocycles. The number of carboxylic acids is 2. The molecule has 1 aromatic heterocycles. The maximum atomic E-state index is 13.5. The second kappa shape index (κ2) is 14.9. The van der Waals surface area contributed by atoms with E-state index in [1.807, 2.05) is 0 Å². The Bertz CT molecular complexity index is 1820. The van der Waals surface area contributed by atoms with E-state index in [1.54, 1.807) is 0 Å². The van der Waals surface area contributed by atoms with Crippen LogP contribution < -0.4 is 21.1 Å². The van der Waals surface area contributed by atoms with Gasteiger partial charge in [0, 0.05) is 29.5 Å². The number of nitrogens with one attached hydrogen (secondary N) is 2. The van der Waals surface area contributed by atoms with Crippen LogP contribution in [0.25, 0.3) is 0 Å². The first kappa shape index (κ1) is 37.7. The lowest BCUT2D eigenvalue weighted by Crippen LogP contribution is -2.71. The van der Waals surface area contributed by atoms with Crippen LogP contribution in [0.1, 0.15) is 42.7 Å². The SMILES string of the molecule is COc1c(O)ccc(C(=O)NCC[N+]2(CC3=C(C(=O)O)N4C(=O)[C@@H](NC(=O)/C(=N\OC(C)(C)C(=O)O)c5csc(N)n5)[C@H]4SC3)CCCC2)c1Cl. The molecule has 2 fully saturated rings. The van der Waals surface area contributed by atoms with Gasteiger partial charge in [0.2, 0.25) is 5.60 Å². The Balaban J connectivity index is 1.29. The van der Waals surface area contributed by atoms with E-state index in [0.29, 0.717) is 23.1 Å². The number of methoxy groups -OCH3 is 1. The summed E-state index contributed by atoms with van der Waals surface area (Å²) in [5, 5.41) is 39.6. The third-order valence-electron chi connectivity index (χ3n) is 8.83. The van der Waals surface area contributed by atoms with Crippen molar-refractivity contribution < 1.29 is 53.3 Å². The number of carbonyl (C=O) groups is 5. The van der Waals surface area contributed by atoms with Crippen molar-refractivity contribution in [2.75, 3.05) is 51.3 Å². The first-order valence-electron chi connectivity index (χ1n) is 15.7. The number of nitrogen functional groups attached to an aromatic ring is 1. The maximum absolute atomic E-state index is 13.5. The third kappa shape index (κ3) is 7.70. The van der Waals surface area contributed by atoms with E-state index in [2.05, 4.69) is 20.8 Å². The standard InChI is InChI=1S/C31H36ClN7O10S2/c1-31(2,29(46)47)49-37-20(17-14-51-30(33)35-17)25(42)36-21-26(43)38-22(28(44)45)15(13-50-27(21)38)12-39(9-4-5-10-39)11-8-34-24(41)16-6-7-18(40)23(48-3)19(16)32/h6-7,14,21,27H,4-5,8-13H2,1-3H3,(H6-,33,34,35,36,40,41,42,44,45,46,47)/p+1/b37-20-/t21-,27-/m1/s1. The molecule has 7 N–H and O–H groups in total. The average molecular weight is 767 g/mol. The van der Waals surface area contributed by atoms with Gasteiger partial charge in [0.15, 0.2) is 22.3 Å². The zero-order valence-corrected chi connectivity index (χ0v) is 30.2. The minimum atomic E-state index is -1.79. The number of rotatable bonds is 14. The fraction of sp³-hybridized carbons (Fsp3) is 0.452. The second-order valence-electron chi connectivity index (χ2n) is 12.6. The highest BCUT2D eigenvalue weighted by Crippen LogP contribution is 2.42. The number of oxime groups is 1. The molecule has 3 aliphatic heterocycles. The Kier molecular flexibility index (Phi) is 11.0. The summed E-state index contributed by atoms with van der Waals surface area (Å²) >= 11 is 8.59. The van der Waals surface area contributed by atoms with Gasteiger partial charge in [-0.1, -0.05) is 16.8 Å². The van der Waals surface area contributed by atoms with Crippen molar-refractivity contribution in [1.29, 1.82) is 0 Å². The van der Waals surface area contributed by atoms with Crippen LogP contribution in [-0.2, 0) is 24.0 Å². The quantitative estimate of drug-likeness (QED) is 0.0692. The number of ether oxygens (including phenoxy) is 1. The normalized spacial score (nSPS) is 20.0. The number of carbonyl (C=O) groups excluding carboxylic acids is 3. The van der Waals surface area contributed by atoms with Crippen LogP contribution in [0.5, 0.6) is 11.5 Å². The van der Waals surface area contributed by atoms with E-state index < -0.39 is 52.4 Å². The number of β-lactam (4-membered cyclic amide) rings is 1. The number of amides is 3. The van der Waals surface area contributed by atoms with Crippen molar-refractivity contribution in [3.05, 3.63) is 45.1 Å². The molecule has 17 nitrogen and oxygen atoms in total. The molecule has 20 heteroatoms. The third-order valence-corrected chi connectivity index (χ3v) is 11.2. The van der Waals surface area contributed by atoms with E-state index in [0.717, 1.165) is 37.3 Å². The summed E-state index contributed by atoms with van der Waals surface area (Å²) < 4.78 is 5.59. The van der Waals surface area contributed by atoms with Crippen LogP contribution in [0.4, 0.5) is 5.13 Å². The number of carboxylic acid groups (broad SMARTS) is 2. The average Bonchev–Trinajstić information content (AvgIpc) is 3.72. The largest absolute Gasteiger partial charge is 0.504 e. The van der Waals surface area contributed by atoms with Gasteiger partial charge < -0.3 is 45.7 Å². The highest BCUT2D eigenvalue weighted by atomic mass is 35.5. The predicted molar refractivity (Wildman–Crippen MR) is 187 cm³/mol. The Hall–Kier alpha value is -4.59. The molecule has 4 heterocycles. The molecule has 51 heavy (non-hydrogen) atoms. The zero-order valence-electron chi connectivity index (χ0n) is 27.8. The highest BCUT2D eigenvalue weighted by Gasteiger charge is 2.55. The van der Waals surface area contributed by atoms with Gasteiger partial charge in [0.1, 0.15) is 29.4 Å². The minimum Gasteiger partial charge on any atom is -0.504 e. The molecule has 0 unspecified atom stereocenters. The van der Waals surface area contributed by atoms with Gasteiger partial charge in [-0.3, -0.25) is 19.3 Å². The fourth-order valence-electron chi connectivity index (χ4n) is 6.10. The van der Waals surface area contributed by atoms with E-state index >= 15 is 0 Å². The number of anilines is 1. The molecule has 0 spiro atoms. The monoisotopic (exact) mass is 766 g/mol. The van der Waals surface area contributed by atoms with Crippen molar-refractivity contribution in [2.24, 2.45) is 5.16 Å². The van der Waals surface area contributed by atoms with Crippen LogP contribution in [0, 0.1) is 0 Å². The van der Waals surface area contributed by atoms with E-state index in [1.165, 1.54) is 55.1 Å². The van der Waals surface area contributed by atoms with Gasteiger partial charge in [-0.25, -0.2) is 14.6 Å². The van der Waals surface area contributed by atoms with Crippen LogP contribution >= 0.6 is 34.7 Å². The lowest BCUT2D eigenvalue weighted by atomic mass is 10.0. The summed E-state index contributed by atoms with van der Waals surface area (Å²) in [6.45, 7) is 5.04. The van der Waals surface area contributed by atoms with Crippen LogP contribution in [0.15, 0.2) is 33.9 Å². The Morgan fingerprint density at radius 2 is 1.92 bits per heavy atom. The van der Waals surface area contributed by atoms with Gasteiger partial charge in [-0.15, -0.1) is 23.1 Å². The molecular formula is C31H37ClN7O10S2+. The minimum absolute atomic E-state index is 0.00577. The lowest BCUT2D eigenvalue weighted by Gasteiger charge is -2.50. The number of aromatic hydroxyl groups is 1. The molecule has 1 aromatic carbocycles. The van der Waals surface area contributed by atoms with Crippen molar-refractivity contribution in [3.8, 4) is 11.5 Å². The number of nitrogens with zero attached hydrogens (tertiary/aromatic N) is 4. The number of fused-ring (bicyclic) bond motifs is 1. The molecule has 2 atom stereocenters. The molecular weight excluding hydrogens is 730 g/mol. The smallest absolute Gasteiger partial charge is 0.352 e. The van der Waals surface area contributed by atoms with E-state index in [9.17, 15) is 39.3 Å². The number of quaternary nitrogens is 1. The van der Waals surface area contributed by atoms with Gasteiger partial charge in [0.05, 0.1) is 43.9 Å². The zero-order chi connectivity index (χ0) is 37.2. The van der Waals surface area contributed by atoms with Crippen molar-refractivity contribution in [1.82, 2.24) is 20.5 Å². The number of aromatic nitrogens is 1. The Labute approximate surface area is 305 Å². The molecule has 0 radical (unpaired) electrons.